The number of piperidine rings is 1. The predicted octanol–water partition coefficient (Wildman–Crippen LogP) is -1.31. The van der Waals surface area contributed by atoms with E-state index >= 15 is 0 Å². The van der Waals surface area contributed by atoms with Crippen molar-refractivity contribution in [1.29, 1.82) is 5.26 Å². The van der Waals surface area contributed by atoms with E-state index in [1.165, 1.54) is 7.11 Å². The highest BCUT2D eigenvalue weighted by molar-refractivity contribution is 6.25. The Bertz CT molecular complexity index is 967. The molecule has 4 fully saturated rings. The fourth-order valence-corrected chi connectivity index (χ4v) is 6.99. The van der Waals surface area contributed by atoms with Crippen molar-refractivity contribution in [2.45, 2.75) is 55.8 Å². The maximum absolute atomic E-state index is 13.5. The van der Waals surface area contributed by atoms with Crippen LogP contribution < -0.4 is 5.32 Å². The predicted molar refractivity (Wildman–Crippen MR) is 102 cm³/mol. The number of Topliss-reactive ketones (excluding diaryl/α,β-unsaturated/α-hetero) is 2. The summed E-state index contributed by atoms with van der Waals surface area (Å²) in [6.07, 6.45) is 0.665. The van der Waals surface area contributed by atoms with E-state index in [2.05, 4.69) is 16.3 Å². The summed E-state index contributed by atoms with van der Waals surface area (Å²) in [5.74, 6) is -0.322. The van der Waals surface area contributed by atoms with Crippen molar-refractivity contribution in [2.24, 2.45) is 5.92 Å². The molecule has 6 unspecified atom stereocenters. The highest BCUT2D eigenvalue weighted by atomic mass is 16.5. The average Bonchev–Trinajstić information content (AvgIpc) is 3.37. The van der Waals surface area contributed by atoms with E-state index in [-0.39, 0.29) is 65.8 Å². The van der Waals surface area contributed by atoms with Gasteiger partial charge in [-0.3, -0.25) is 19.4 Å². The molecule has 6 aliphatic rings. The Morgan fingerprint density at radius 1 is 1.33 bits per heavy atom. The molecule has 0 spiro atoms. The molecule has 158 valence electrons. The van der Waals surface area contributed by atoms with Gasteiger partial charge in [-0.25, -0.2) is 0 Å². The van der Waals surface area contributed by atoms with Crippen molar-refractivity contribution in [3.05, 3.63) is 22.5 Å². The van der Waals surface area contributed by atoms with Crippen molar-refractivity contribution in [3.63, 3.8) is 0 Å². The van der Waals surface area contributed by atoms with E-state index in [4.69, 9.17) is 9.47 Å². The second-order valence-electron chi connectivity index (χ2n) is 9.00. The number of methoxy groups -OCH3 is 1. The molecule has 30 heavy (non-hydrogen) atoms. The summed E-state index contributed by atoms with van der Waals surface area (Å²) < 4.78 is 11.4. The number of allylic oxidation sites excluding steroid dienone is 2. The molecule has 9 heteroatoms. The number of fused-ring (bicyclic) bond motifs is 5. The standard InChI is InChI=1S/C21H24N4O5/c1-8-18(27)14-13(19(28)20(8)29-2)12(7-26)25-11(6-22)10-5-9-15(23-10)17(25)16(14)24-3-4-30-21(9)24/h9-12,15-17,21,23,26H,3-5,7H2,1-2H3/t9-,10+,11?,12?,15?,16?,17?,21?/m1/s1. The van der Waals surface area contributed by atoms with Gasteiger partial charge in [0.1, 0.15) is 12.3 Å². The van der Waals surface area contributed by atoms with Gasteiger partial charge >= 0.3 is 0 Å². The summed E-state index contributed by atoms with van der Waals surface area (Å²) in [6, 6.07) is 0.667. The molecule has 2 bridgehead atoms. The molecule has 8 atom stereocenters. The fourth-order valence-electron chi connectivity index (χ4n) is 6.99. The van der Waals surface area contributed by atoms with Crippen LogP contribution in [0.25, 0.3) is 0 Å². The van der Waals surface area contributed by atoms with E-state index in [1.54, 1.807) is 6.92 Å². The number of ketones is 2. The lowest BCUT2D eigenvalue weighted by molar-refractivity contribution is -0.131. The van der Waals surface area contributed by atoms with E-state index in [9.17, 15) is 20.0 Å². The van der Waals surface area contributed by atoms with Gasteiger partial charge in [0.25, 0.3) is 0 Å². The van der Waals surface area contributed by atoms with Crippen molar-refractivity contribution >= 4 is 11.6 Å². The maximum Gasteiger partial charge on any atom is 0.226 e. The van der Waals surface area contributed by atoms with Crippen LogP contribution in [0.2, 0.25) is 0 Å². The Balaban J connectivity index is 1.61. The quantitative estimate of drug-likeness (QED) is 0.534. The van der Waals surface area contributed by atoms with Crippen LogP contribution in [-0.2, 0) is 19.1 Å². The Hall–Kier alpha value is -2.09. The zero-order chi connectivity index (χ0) is 20.9. The molecule has 0 amide bonds. The van der Waals surface area contributed by atoms with Gasteiger partial charge in [-0.05, 0) is 13.3 Å². The van der Waals surface area contributed by atoms with Gasteiger partial charge < -0.3 is 19.9 Å². The third kappa shape index (κ3) is 1.99. The minimum absolute atomic E-state index is 0.0326. The Morgan fingerprint density at radius 2 is 2.13 bits per heavy atom. The third-order valence-corrected chi connectivity index (χ3v) is 7.99. The van der Waals surface area contributed by atoms with Gasteiger partial charge in [-0.2, -0.15) is 5.26 Å². The van der Waals surface area contributed by atoms with Gasteiger partial charge in [0.05, 0.1) is 38.5 Å². The van der Waals surface area contributed by atoms with Crippen LogP contribution >= 0.6 is 0 Å². The lowest BCUT2D eigenvalue weighted by Gasteiger charge is -2.59. The van der Waals surface area contributed by atoms with Crippen LogP contribution in [0.3, 0.4) is 0 Å². The van der Waals surface area contributed by atoms with E-state index in [1.807, 2.05) is 4.90 Å². The number of nitrogens with zero attached hydrogens (tertiary/aromatic N) is 3. The van der Waals surface area contributed by atoms with Crippen molar-refractivity contribution in [3.8, 4) is 6.07 Å². The van der Waals surface area contributed by atoms with Crippen LogP contribution in [-0.4, -0.2) is 95.8 Å². The molecule has 0 saturated carbocycles. The van der Waals surface area contributed by atoms with Crippen molar-refractivity contribution in [2.75, 3.05) is 26.9 Å². The van der Waals surface area contributed by atoms with Crippen LogP contribution in [0.5, 0.6) is 0 Å². The van der Waals surface area contributed by atoms with Crippen molar-refractivity contribution < 1.29 is 24.2 Å². The molecular formula is C21H24N4O5. The number of hydrogen-bond acceptors (Lipinski definition) is 9. The summed E-state index contributed by atoms with van der Waals surface area (Å²) in [7, 11) is 1.38. The molecule has 5 heterocycles. The third-order valence-electron chi connectivity index (χ3n) is 7.99. The summed E-state index contributed by atoms with van der Waals surface area (Å²) in [5.41, 5.74) is 1.04. The van der Waals surface area contributed by atoms with Gasteiger partial charge in [0.2, 0.25) is 5.78 Å². The number of carbonyl (C=O) groups is 2. The van der Waals surface area contributed by atoms with E-state index in [0.29, 0.717) is 24.3 Å². The minimum Gasteiger partial charge on any atom is -0.492 e. The second kappa shape index (κ2) is 6.22. The number of ether oxygens (including phenoxy) is 2. The number of hydrogen-bond donors (Lipinski definition) is 2. The van der Waals surface area contributed by atoms with E-state index < -0.39 is 12.1 Å². The fraction of sp³-hybridized carbons (Fsp3) is 0.667. The van der Waals surface area contributed by atoms with Gasteiger partial charge in [0.15, 0.2) is 11.5 Å². The highest BCUT2D eigenvalue weighted by Gasteiger charge is 2.67. The first-order chi connectivity index (χ1) is 14.5. The second-order valence-corrected chi connectivity index (χ2v) is 9.00. The summed E-state index contributed by atoms with van der Waals surface area (Å²) in [5, 5.41) is 24.1. The number of piperazine rings is 1. The van der Waals surface area contributed by atoms with Crippen LogP contribution in [0.4, 0.5) is 0 Å². The largest absolute Gasteiger partial charge is 0.492 e. The zero-order valence-corrected chi connectivity index (χ0v) is 16.9. The number of rotatable bonds is 2. The van der Waals surface area contributed by atoms with Gasteiger partial charge in [-0.1, -0.05) is 0 Å². The summed E-state index contributed by atoms with van der Waals surface area (Å²) in [6.45, 7) is 2.54. The molecule has 9 nitrogen and oxygen atoms in total. The van der Waals surface area contributed by atoms with Crippen LogP contribution in [0, 0.1) is 17.2 Å². The molecular weight excluding hydrogens is 388 g/mol. The molecule has 0 aromatic carbocycles. The Morgan fingerprint density at radius 3 is 2.83 bits per heavy atom. The monoisotopic (exact) mass is 412 g/mol. The molecule has 6 rings (SSSR count). The normalized spacial score (nSPS) is 44.9. The Labute approximate surface area is 173 Å². The summed E-state index contributed by atoms with van der Waals surface area (Å²) in [4.78, 5) is 31.2. The first-order valence-corrected chi connectivity index (χ1v) is 10.5. The van der Waals surface area contributed by atoms with Crippen LogP contribution in [0.1, 0.15) is 13.3 Å². The SMILES string of the molecule is COC1=C(C)C(=O)C2=C(C1=O)C(CO)N1C3C4N[C@@H](C[C@H]4C4OCCN4C23)C1C#N. The number of carbonyl (C=O) groups excluding carboxylic acids is 2. The molecule has 0 aromatic rings. The average molecular weight is 412 g/mol. The highest BCUT2D eigenvalue weighted by Crippen LogP contribution is 2.52. The smallest absolute Gasteiger partial charge is 0.226 e. The number of aliphatic hydroxyl groups is 1. The molecule has 2 N–H and O–H groups in total. The molecule has 0 radical (unpaired) electrons. The number of nitriles is 1. The van der Waals surface area contributed by atoms with Gasteiger partial charge in [-0.15, -0.1) is 0 Å². The maximum atomic E-state index is 13.5. The summed E-state index contributed by atoms with van der Waals surface area (Å²) >= 11 is 0. The first kappa shape index (κ1) is 18.7. The molecule has 5 aliphatic heterocycles. The van der Waals surface area contributed by atoms with E-state index in [0.717, 1.165) is 6.42 Å². The molecule has 1 aliphatic carbocycles. The number of aliphatic hydroxyl groups excluding tert-OH is 1. The molecule has 4 saturated heterocycles. The minimum atomic E-state index is -0.702. The van der Waals surface area contributed by atoms with Crippen LogP contribution in [0.15, 0.2) is 22.5 Å². The lowest BCUT2D eigenvalue weighted by Crippen LogP contribution is -2.78. The van der Waals surface area contributed by atoms with Crippen molar-refractivity contribution in [1.82, 2.24) is 15.1 Å². The van der Waals surface area contributed by atoms with Gasteiger partial charge in [0, 0.05) is 47.3 Å². The zero-order valence-electron chi connectivity index (χ0n) is 16.9. The lowest BCUT2D eigenvalue weighted by atomic mass is 9.69. The number of nitrogens with one attached hydrogen (secondary N) is 1. The topological polar surface area (TPSA) is 115 Å². The first-order valence-electron chi connectivity index (χ1n) is 10.5. The Kier molecular flexibility index (Phi) is 3.87. The molecule has 0 aromatic heterocycles.